The van der Waals surface area contributed by atoms with Crippen LogP contribution in [0.25, 0.3) is 10.6 Å². The number of halogens is 2. The number of ether oxygens (including phenoxy) is 1. The number of hydrogen-bond acceptors (Lipinski definition) is 9. The first-order chi connectivity index (χ1) is 14.3. The summed E-state index contributed by atoms with van der Waals surface area (Å²) in [5.74, 6) is 0.182. The van der Waals surface area contributed by atoms with Crippen molar-refractivity contribution in [3.63, 3.8) is 0 Å². The first-order valence-corrected chi connectivity index (χ1v) is 12.8. The summed E-state index contributed by atoms with van der Waals surface area (Å²) in [6.07, 6.45) is 1.49. The van der Waals surface area contributed by atoms with E-state index in [4.69, 9.17) is 16.3 Å². The van der Waals surface area contributed by atoms with Crippen molar-refractivity contribution in [2.24, 2.45) is 0 Å². The Morgan fingerprint density at radius 1 is 1.29 bits per heavy atom. The third kappa shape index (κ3) is 5.47. The van der Waals surface area contributed by atoms with E-state index in [1.54, 1.807) is 12.1 Å². The van der Waals surface area contributed by atoms with Crippen molar-refractivity contribution >= 4 is 72.6 Å². The normalized spacial score (nSPS) is 15.2. The van der Waals surface area contributed by atoms with E-state index in [2.05, 4.69) is 15.3 Å². The van der Waals surface area contributed by atoms with Crippen LogP contribution < -0.4 is 15.0 Å². The smallest absolute Gasteiger partial charge is 0.257 e. The number of nitrogens with one attached hydrogen (secondary N) is 1. The van der Waals surface area contributed by atoms with E-state index in [0.717, 1.165) is 9.88 Å². The number of rotatable bonds is 5. The van der Waals surface area contributed by atoms with Crippen LogP contribution in [0, 0.1) is 0 Å². The molecule has 0 aliphatic carbocycles. The fraction of sp³-hybridized carbons (Fsp3) is 0.278. The number of sulfone groups is 1. The first kappa shape index (κ1) is 23.7. The number of carbonyl (C=O) groups is 1. The molecule has 0 bridgehead atoms. The van der Waals surface area contributed by atoms with Crippen LogP contribution in [0.15, 0.2) is 29.8 Å². The van der Waals surface area contributed by atoms with Crippen molar-refractivity contribution in [3.8, 4) is 16.5 Å². The highest BCUT2D eigenvalue weighted by Gasteiger charge is 2.27. The Hall–Kier alpha value is -1.92. The predicted molar refractivity (Wildman–Crippen MR) is 127 cm³/mol. The van der Waals surface area contributed by atoms with Crippen LogP contribution in [0.4, 0.5) is 10.1 Å². The van der Waals surface area contributed by atoms with Crippen LogP contribution in [0.3, 0.4) is 0 Å². The van der Waals surface area contributed by atoms with Crippen molar-refractivity contribution in [2.45, 2.75) is 0 Å². The summed E-state index contributed by atoms with van der Waals surface area (Å²) >= 11 is 8.84. The maximum absolute atomic E-state index is 12.7. The number of thiophene rings is 1. The molecule has 0 spiro atoms. The predicted octanol–water partition coefficient (Wildman–Crippen LogP) is 3.84. The second kappa shape index (κ2) is 9.70. The van der Waals surface area contributed by atoms with Crippen LogP contribution in [-0.2, 0) is 9.84 Å². The van der Waals surface area contributed by atoms with E-state index in [-0.39, 0.29) is 29.8 Å². The monoisotopic (exact) mass is 520 g/mol. The van der Waals surface area contributed by atoms with E-state index in [1.807, 2.05) is 16.3 Å². The molecule has 0 saturated carbocycles. The van der Waals surface area contributed by atoms with Crippen molar-refractivity contribution in [2.75, 3.05) is 41.9 Å². The van der Waals surface area contributed by atoms with Gasteiger partial charge < -0.3 is 9.64 Å². The standard InChI is InChI=1S/C18H17ClN4O4S3.ClH/c1-27-14-8-11(2-3-20-14)16(24)22-18-21-15(13-9-12(19)10-28-13)17(29-18)23-4-6-30(25,26)7-5-23;/h2-3,8-10H,4-7H2,1H3,(H,21,22,24);1H. The number of amides is 1. The van der Waals surface area contributed by atoms with Gasteiger partial charge in [0.2, 0.25) is 5.88 Å². The van der Waals surface area contributed by atoms with Crippen LogP contribution >= 0.6 is 46.7 Å². The zero-order valence-corrected chi connectivity index (χ0v) is 20.2. The molecule has 1 aliphatic rings. The summed E-state index contributed by atoms with van der Waals surface area (Å²) < 4.78 is 28.7. The second-order valence-electron chi connectivity index (χ2n) is 6.48. The molecule has 0 atom stereocenters. The summed E-state index contributed by atoms with van der Waals surface area (Å²) in [5.41, 5.74) is 1.07. The molecule has 4 heterocycles. The van der Waals surface area contributed by atoms with E-state index in [9.17, 15) is 13.2 Å². The number of carbonyl (C=O) groups excluding carboxylic acids is 1. The van der Waals surface area contributed by atoms with Crippen molar-refractivity contribution in [1.82, 2.24) is 9.97 Å². The number of hydrogen-bond donors (Lipinski definition) is 1. The number of anilines is 2. The third-order valence-corrected chi connectivity index (χ3v) is 8.39. The zero-order valence-electron chi connectivity index (χ0n) is 16.2. The molecule has 3 aromatic rings. The highest BCUT2D eigenvalue weighted by atomic mass is 35.5. The van der Waals surface area contributed by atoms with Crippen LogP contribution in [0.5, 0.6) is 5.88 Å². The maximum atomic E-state index is 12.7. The summed E-state index contributed by atoms with van der Waals surface area (Å²) in [7, 11) is -1.53. The summed E-state index contributed by atoms with van der Waals surface area (Å²) in [6, 6.07) is 4.94. The van der Waals surface area contributed by atoms with Gasteiger partial charge in [0, 0.05) is 36.3 Å². The van der Waals surface area contributed by atoms with Crippen LogP contribution in [0.1, 0.15) is 10.4 Å². The Kier molecular flexibility index (Phi) is 7.43. The molecule has 1 N–H and O–H groups in total. The molecule has 166 valence electrons. The third-order valence-electron chi connectivity index (χ3n) is 4.47. The van der Waals surface area contributed by atoms with E-state index in [1.165, 1.54) is 36.0 Å². The number of pyridine rings is 1. The molecule has 0 radical (unpaired) electrons. The Bertz CT molecular complexity index is 1180. The quantitative estimate of drug-likeness (QED) is 0.545. The lowest BCUT2D eigenvalue weighted by Gasteiger charge is -2.27. The fourth-order valence-corrected chi connectivity index (χ4v) is 6.28. The lowest BCUT2D eigenvalue weighted by Crippen LogP contribution is -2.40. The number of methoxy groups -OCH3 is 1. The van der Waals surface area contributed by atoms with Crippen molar-refractivity contribution < 1.29 is 17.9 Å². The molecule has 31 heavy (non-hydrogen) atoms. The molecule has 0 unspecified atom stereocenters. The molecule has 1 amide bonds. The highest BCUT2D eigenvalue weighted by molar-refractivity contribution is 7.91. The number of aromatic nitrogens is 2. The molecular weight excluding hydrogens is 503 g/mol. The van der Waals surface area contributed by atoms with Gasteiger partial charge in [-0.25, -0.2) is 18.4 Å². The minimum atomic E-state index is -3.02. The first-order valence-electron chi connectivity index (χ1n) is 8.86. The lowest BCUT2D eigenvalue weighted by molar-refractivity contribution is 0.102. The molecule has 0 aromatic carbocycles. The zero-order chi connectivity index (χ0) is 21.3. The van der Waals surface area contributed by atoms with Gasteiger partial charge >= 0.3 is 0 Å². The van der Waals surface area contributed by atoms with Gasteiger partial charge in [0.25, 0.3) is 5.91 Å². The van der Waals surface area contributed by atoms with Gasteiger partial charge in [-0.2, -0.15) is 0 Å². The number of thiazole rings is 1. The SMILES string of the molecule is COc1cc(C(=O)Nc2nc(-c3cc(Cl)cs3)c(N3CCS(=O)(=O)CC3)s2)ccn1.Cl. The van der Waals surface area contributed by atoms with Crippen molar-refractivity contribution in [3.05, 3.63) is 40.4 Å². The summed E-state index contributed by atoms with van der Waals surface area (Å²) in [5, 5.41) is 6.45. The van der Waals surface area contributed by atoms with Gasteiger partial charge in [-0.1, -0.05) is 22.9 Å². The minimum absolute atomic E-state index is 0. The molecule has 3 aromatic heterocycles. The van der Waals surface area contributed by atoms with E-state index >= 15 is 0 Å². The highest BCUT2D eigenvalue weighted by Crippen LogP contribution is 2.42. The Morgan fingerprint density at radius 3 is 2.68 bits per heavy atom. The van der Waals surface area contributed by atoms with E-state index in [0.29, 0.717) is 40.4 Å². The fourth-order valence-electron chi connectivity index (χ4n) is 2.92. The number of nitrogens with zero attached hydrogens (tertiary/aromatic N) is 3. The van der Waals surface area contributed by atoms with E-state index < -0.39 is 9.84 Å². The molecule has 1 fully saturated rings. The Balaban J connectivity index is 0.00000272. The second-order valence-corrected chi connectivity index (χ2v) is 11.1. The Morgan fingerprint density at radius 2 is 2.03 bits per heavy atom. The summed E-state index contributed by atoms with van der Waals surface area (Å²) in [6.45, 7) is 0.761. The molecular formula is C18H18Cl2N4O4S3. The van der Waals surface area contributed by atoms with Crippen LogP contribution in [0.2, 0.25) is 5.02 Å². The van der Waals surface area contributed by atoms with Gasteiger partial charge in [0.1, 0.15) is 10.7 Å². The summed E-state index contributed by atoms with van der Waals surface area (Å²) in [4.78, 5) is 24.1. The van der Waals surface area contributed by atoms with Gasteiger partial charge in [-0.3, -0.25) is 10.1 Å². The van der Waals surface area contributed by atoms with Gasteiger partial charge in [-0.05, 0) is 12.1 Å². The van der Waals surface area contributed by atoms with Gasteiger partial charge in [0.05, 0.1) is 28.5 Å². The van der Waals surface area contributed by atoms with Gasteiger partial charge in [-0.15, -0.1) is 23.7 Å². The van der Waals surface area contributed by atoms with Crippen LogP contribution in [-0.4, -0.2) is 56.0 Å². The molecule has 13 heteroatoms. The average Bonchev–Trinajstić information content (AvgIpc) is 3.34. The lowest BCUT2D eigenvalue weighted by atomic mass is 10.2. The Labute approximate surface area is 198 Å². The molecule has 1 aliphatic heterocycles. The average molecular weight is 521 g/mol. The maximum Gasteiger partial charge on any atom is 0.257 e. The molecule has 4 rings (SSSR count). The minimum Gasteiger partial charge on any atom is -0.481 e. The topological polar surface area (TPSA) is 101 Å². The van der Waals surface area contributed by atoms with Gasteiger partial charge in [0.15, 0.2) is 15.0 Å². The largest absolute Gasteiger partial charge is 0.481 e. The molecule has 1 saturated heterocycles. The molecule has 8 nitrogen and oxygen atoms in total. The van der Waals surface area contributed by atoms with Crippen molar-refractivity contribution in [1.29, 1.82) is 0 Å².